The number of hydrogen-bond donors (Lipinski definition) is 4. The minimum atomic E-state index is -1.21. The van der Waals surface area contributed by atoms with Gasteiger partial charge in [0.25, 0.3) is 0 Å². The fourth-order valence-electron chi connectivity index (χ4n) is 4.43. The molecule has 0 aliphatic carbocycles. The fourth-order valence-corrected chi connectivity index (χ4v) is 5.70. The third kappa shape index (κ3) is 8.98. The van der Waals surface area contributed by atoms with E-state index < -0.39 is 24.3 Å². The minimum absolute atomic E-state index is 0.201. The van der Waals surface area contributed by atoms with Crippen LogP contribution in [0.3, 0.4) is 0 Å². The molecule has 4 N–H and O–H groups in total. The number of allylic oxidation sites excluding steroid dienone is 1. The molecule has 0 spiro atoms. The topological polar surface area (TPSA) is 140 Å². The maximum absolute atomic E-state index is 12.5. The van der Waals surface area contributed by atoms with Crippen LogP contribution in [0.1, 0.15) is 36.6 Å². The second-order valence-corrected chi connectivity index (χ2v) is 11.9. The number of ether oxygens (including phenoxy) is 4. The molecule has 0 radical (unpaired) electrons. The van der Waals surface area contributed by atoms with Crippen molar-refractivity contribution in [3.8, 4) is 17.2 Å². The number of benzene rings is 3. The van der Waals surface area contributed by atoms with Crippen molar-refractivity contribution in [2.24, 2.45) is 5.10 Å². The van der Waals surface area contributed by atoms with Crippen molar-refractivity contribution in [3.05, 3.63) is 96.0 Å². The van der Waals surface area contributed by atoms with Crippen molar-refractivity contribution in [2.75, 3.05) is 20.3 Å². The molecule has 11 nitrogen and oxygen atoms in total. The first-order chi connectivity index (χ1) is 22.0. The first-order valence-corrected chi connectivity index (χ1v) is 15.7. The third-order valence-corrected chi connectivity index (χ3v) is 8.05. The Bertz CT molecular complexity index is 1670. The number of nitrogens with one attached hydrogen (secondary N) is 3. The first kappa shape index (κ1) is 35.2. The second kappa shape index (κ2) is 16.2. The predicted molar refractivity (Wildman–Crippen MR) is 179 cm³/mol. The number of aliphatic hydroxyl groups is 1. The second-order valence-electron chi connectivity index (χ2n) is 9.76. The third-order valence-electron chi connectivity index (χ3n) is 6.50. The number of methoxy groups -OCH3 is 1. The SMILES string of the molecule is CCOc1cc([C@@H]2NC(=O)NC(C)=C2C(=O)OC)ccc1OC[C@H](O)N/N=C/c1cc(Cl)cc(Br)c1OCc1ccc(Cl)c(Cl)c1. The molecule has 0 bridgehead atoms. The summed E-state index contributed by atoms with van der Waals surface area (Å²) in [5.41, 5.74) is 5.15. The standard InChI is InChI=1S/C31H30BrCl3N4O7/c1-4-44-25-11-18(28-27(30(41)43-3)16(2)37-31(42)38-28)6-8-24(25)45-15-26(40)39-36-13-19-10-20(33)12-21(32)29(19)46-14-17-5-7-22(34)23(35)9-17/h5-13,26,28,39-40H,4,14-15H2,1-3H3,(H2,37,38,42)/b36-13+/t26-,28-/m0/s1. The number of halogens is 4. The van der Waals surface area contributed by atoms with E-state index in [2.05, 4.69) is 37.1 Å². The molecule has 1 aliphatic heterocycles. The van der Waals surface area contributed by atoms with Gasteiger partial charge in [-0.1, -0.05) is 46.9 Å². The lowest BCUT2D eigenvalue weighted by atomic mass is 9.95. The van der Waals surface area contributed by atoms with Crippen LogP contribution < -0.4 is 30.3 Å². The Morgan fingerprint density at radius 1 is 1.09 bits per heavy atom. The van der Waals surface area contributed by atoms with Gasteiger partial charge in [0.15, 0.2) is 17.7 Å². The van der Waals surface area contributed by atoms with E-state index in [4.69, 9.17) is 53.8 Å². The van der Waals surface area contributed by atoms with Gasteiger partial charge in [-0.25, -0.2) is 9.59 Å². The lowest BCUT2D eigenvalue weighted by Gasteiger charge is -2.28. The molecule has 1 aliphatic rings. The van der Waals surface area contributed by atoms with Gasteiger partial charge in [0, 0.05) is 16.3 Å². The number of carbonyl (C=O) groups is 2. The van der Waals surface area contributed by atoms with E-state index in [-0.39, 0.29) is 18.8 Å². The average molecular weight is 757 g/mol. The van der Waals surface area contributed by atoms with Gasteiger partial charge >= 0.3 is 12.0 Å². The summed E-state index contributed by atoms with van der Waals surface area (Å²) in [7, 11) is 1.27. The summed E-state index contributed by atoms with van der Waals surface area (Å²) >= 11 is 21.8. The zero-order valence-corrected chi connectivity index (χ0v) is 28.7. The number of carbonyl (C=O) groups excluding carboxylic acids is 2. The van der Waals surface area contributed by atoms with E-state index in [1.54, 1.807) is 62.4 Å². The van der Waals surface area contributed by atoms with E-state index in [1.165, 1.54) is 13.3 Å². The summed E-state index contributed by atoms with van der Waals surface area (Å²) in [6, 6.07) is 12.3. The van der Waals surface area contributed by atoms with Gasteiger partial charge in [-0.05, 0) is 77.3 Å². The first-order valence-electron chi connectivity index (χ1n) is 13.8. The van der Waals surface area contributed by atoms with Crippen LogP contribution in [-0.2, 0) is 16.1 Å². The van der Waals surface area contributed by atoms with Crippen LogP contribution in [0.4, 0.5) is 4.79 Å². The zero-order chi connectivity index (χ0) is 33.4. The Labute approximate surface area is 288 Å². The Kier molecular flexibility index (Phi) is 12.4. The number of esters is 1. The number of urea groups is 1. The van der Waals surface area contributed by atoms with Gasteiger partial charge in [-0.2, -0.15) is 5.10 Å². The summed E-state index contributed by atoms with van der Waals surface area (Å²) in [6.07, 6.45) is 0.237. The van der Waals surface area contributed by atoms with Crippen LogP contribution in [-0.4, -0.2) is 49.9 Å². The van der Waals surface area contributed by atoms with Gasteiger partial charge in [0.05, 0.1) is 46.1 Å². The number of hydrazone groups is 1. The molecule has 3 aromatic carbocycles. The van der Waals surface area contributed by atoms with Crippen LogP contribution in [0.25, 0.3) is 0 Å². The molecule has 0 saturated carbocycles. The fraction of sp³-hybridized carbons (Fsp3) is 0.258. The van der Waals surface area contributed by atoms with Crippen LogP contribution >= 0.6 is 50.7 Å². The number of nitrogens with zero attached hydrogens (tertiary/aromatic N) is 1. The quantitative estimate of drug-likeness (QED) is 0.0671. The van der Waals surface area contributed by atoms with E-state index >= 15 is 0 Å². The Morgan fingerprint density at radius 3 is 2.59 bits per heavy atom. The highest BCUT2D eigenvalue weighted by molar-refractivity contribution is 9.10. The normalized spacial score (nSPS) is 15.2. The Hall–Kier alpha value is -3.68. The number of amides is 2. The van der Waals surface area contributed by atoms with Crippen LogP contribution in [0.2, 0.25) is 15.1 Å². The van der Waals surface area contributed by atoms with Crippen LogP contribution in [0, 0.1) is 0 Å². The van der Waals surface area contributed by atoms with Crippen molar-refractivity contribution in [2.45, 2.75) is 32.7 Å². The molecule has 2 amide bonds. The highest BCUT2D eigenvalue weighted by atomic mass is 79.9. The summed E-state index contributed by atoms with van der Waals surface area (Å²) in [4.78, 5) is 24.6. The van der Waals surface area contributed by atoms with Gasteiger partial charge in [0.1, 0.15) is 19.0 Å². The molecule has 4 rings (SSSR count). The summed E-state index contributed by atoms with van der Waals surface area (Å²) in [5.74, 6) is 0.558. The smallest absolute Gasteiger partial charge is 0.337 e. The van der Waals surface area contributed by atoms with Gasteiger partial charge in [-0.15, -0.1) is 0 Å². The van der Waals surface area contributed by atoms with E-state index in [0.717, 1.165) is 5.56 Å². The monoisotopic (exact) mass is 754 g/mol. The number of aliphatic hydroxyl groups excluding tert-OH is 1. The molecular formula is C31H30BrCl3N4O7. The summed E-state index contributed by atoms with van der Waals surface area (Å²) in [5, 5.41) is 21.3. The van der Waals surface area contributed by atoms with Crippen molar-refractivity contribution in [1.29, 1.82) is 0 Å². The molecule has 0 aromatic heterocycles. The van der Waals surface area contributed by atoms with Crippen molar-refractivity contribution >= 4 is 68.9 Å². The molecule has 2 atom stereocenters. The predicted octanol–water partition coefficient (Wildman–Crippen LogP) is 6.51. The number of hydrogen-bond acceptors (Lipinski definition) is 9. The lowest BCUT2D eigenvalue weighted by molar-refractivity contribution is -0.136. The summed E-state index contributed by atoms with van der Waals surface area (Å²) < 4.78 is 23.1. The average Bonchev–Trinajstić information content (AvgIpc) is 3.01. The summed E-state index contributed by atoms with van der Waals surface area (Å²) in [6.45, 7) is 3.73. The van der Waals surface area contributed by atoms with E-state index in [0.29, 0.717) is 60.2 Å². The lowest BCUT2D eigenvalue weighted by Crippen LogP contribution is -2.45. The Morgan fingerprint density at radius 2 is 1.87 bits per heavy atom. The van der Waals surface area contributed by atoms with Crippen LogP contribution in [0.15, 0.2) is 69.4 Å². The minimum Gasteiger partial charge on any atom is -0.490 e. The Balaban J connectivity index is 1.43. The molecule has 46 heavy (non-hydrogen) atoms. The zero-order valence-electron chi connectivity index (χ0n) is 24.8. The molecule has 15 heteroatoms. The maximum Gasteiger partial charge on any atom is 0.337 e. The molecule has 0 saturated heterocycles. The highest BCUT2D eigenvalue weighted by Gasteiger charge is 2.32. The van der Waals surface area contributed by atoms with E-state index in [9.17, 15) is 14.7 Å². The van der Waals surface area contributed by atoms with Crippen molar-refractivity contribution < 1.29 is 33.6 Å². The van der Waals surface area contributed by atoms with Crippen molar-refractivity contribution in [3.63, 3.8) is 0 Å². The van der Waals surface area contributed by atoms with Gasteiger partial charge in [-0.3, -0.25) is 5.43 Å². The largest absolute Gasteiger partial charge is 0.490 e. The number of rotatable bonds is 13. The molecular weight excluding hydrogens is 727 g/mol. The van der Waals surface area contributed by atoms with Gasteiger partial charge in [0.2, 0.25) is 0 Å². The van der Waals surface area contributed by atoms with E-state index in [1.807, 2.05) is 0 Å². The van der Waals surface area contributed by atoms with Crippen LogP contribution in [0.5, 0.6) is 17.2 Å². The molecule has 1 heterocycles. The molecule has 0 fully saturated rings. The molecule has 3 aromatic rings. The maximum atomic E-state index is 12.5. The molecule has 244 valence electrons. The molecule has 0 unspecified atom stereocenters. The van der Waals surface area contributed by atoms with Gasteiger partial charge < -0.3 is 34.7 Å². The van der Waals surface area contributed by atoms with Crippen molar-refractivity contribution in [1.82, 2.24) is 16.1 Å². The highest BCUT2D eigenvalue weighted by Crippen LogP contribution is 2.35.